The number of nitrogens with two attached hydrogens (primary N) is 2. The van der Waals surface area contributed by atoms with Crippen molar-refractivity contribution in [2.24, 2.45) is 11.5 Å². The summed E-state index contributed by atoms with van der Waals surface area (Å²) in [7, 11) is 0. The van der Waals surface area contributed by atoms with Crippen molar-refractivity contribution in [1.29, 1.82) is 0 Å². The van der Waals surface area contributed by atoms with Gasteiger partial charge in [0, 0.05) is 39.3 Å². The molecule has 21 heavy (non-hydrogen) atoms. The van der Waals surface area contributed by atoms with Crippen molar-refractivity contribution in [2.45, 2.75) is 20.3 Å². The molecule has 4 N–H and O–H groups in total. The van der Waals surface area contributed by atoms with Gasteiger partial charge >= 0.3 is 0 Å². The first kappa shape index (κ1) is 20.8. The van der Waals surface area contributed by atoms with Gasteiger partial charge in [-0.05, 0) is 19.5 Å². The van der Waals surface area contributed by atoms with Crippen LogP contribution >= 0.6 is 0 Å². The highest BCUT2D eigenvalue weighted by molar-refractivity contribution is 4.61. The molecule has 0 saturated carbocycles. The number of hydrogen-bond acceptors (Lipinski definition) is 6. The molecule has 2 aliphatic heterocycles. The van der Waals surface area contributed by atoms with E-state index in [1.165, 1.54) is 0 Å². The molecule has 6 heteroatoms. The maximum atomic E-state index is 5.39. The zero-order chi connectivity index (χ0) is 15.8. The molecule has 2 heterocycles. The minimum Gasteiger partial charge on any atom is -0.379 e. The molecule has 0 aliphatic carbocycles. The Labute approximate surface area is 130 Å². The van der Waals surface area contributed by atoms with Crippen LogP contribution in [0.5, 0.6) is 0 Å². The van der Waals surface area contributed by atoms with Crippen molar-refractivity contribution in [3.63, 3.8) is 0 Å². The molecule has 0 aromatic carbocycles. The fourth-order valence-electron chi connectivity index (χ4n) is 2.15. The molecule has 0 spiro atoms. The van der Waals surface area contributed by atoms with Crippen LogP contribution in [0.2, 0.25) is 0 Å². The monoisotopic (exact) mass is 304 g/mol. The third-order valence-corrected chi connectivity index (χ3v) is 3.33. The summed E-state index contributed by atoms with van der Waals surface area (Å²) in [4.78, 5) is 4.72. The van der Waals surface area contributed by atoms with Gasteiger partial charge in [0.15, 0.2) is 0 Å². The molecule has 0 atom stereocenters. The van der Waals surface area contributed by atoms with Gasteiger partial charge in [-0.3, -0.25) is 9.80 Å². The summed E-state index contributed by atoms with van der Waals surface area (Å²) in [5, 5.41) is 0. The van der Waals surface area contributed by atoms with E-state index in [2.05, 4.69) is 9.80 Å². The lowest BCUT2D eigenvalue weighted by Crippen LogP contribution is -2.39. The van der Waals surface area contributed by atoms with Crippen LogP contribution in [0.3, 0.4) is 0 Å². The Morgan fingerprint density at radius 2 is 1.14 bits per heavy atom. The van der Waals surface area contributed by atoms with Crippen LogP contribution < -0.4 is 11.5 Å². The summed E-state index contributed by atoms with van der Waals surface area (Å²) >= 11 is 0. The summed E-state index contributed by atoms with van der Waals surface area (Å²) in [6.45, 7) is 15.5. The Bertz CT molecular complexity index is 193. The number of nitrogens with zero attached hydrogens (tertiary/aromatic N) is 2. The van der Waals surface area contributed by atoms with Crippen molar-refractivity contribution in [1.82, 2.24) is 9.80 Å². The quantitative estimate of drug-likeness (QED) is 0.743. The van der Waals surface area contributed by atoms with E-state index >= 15 is 0 Å². The van der Waals surface area contributed by atoms with Gasteiger partial charge < -0.3 is 20.9 Å². The average Bonchev–Trinajstić information content (AvgIpc) is 2.58. The van der Waals surface area contributed by atoms with Crippen LogP contribution in [0, 0.1) is 0 Å². The van der Waals surface area contributed by atoms with Crippen molar-refractivity contribution in [3.05, 3.63) is 0 Å². The molecule has 0 radical (unpaired) electrons. The van der Waals surface area contributed by atoms with Crippen LogP contribution in [-0.2, 0) is 9.47 Å². The topological polar surface area (TPSA) is 77.0 Å². The summed E-state index contributed by atoms with van der Waals surface area (Å²) in [5.41, 5.74) is 10.8. The average molecular weight is 304 g/mol. The molecular formula is C15H36N4O2. The highest BCUT2D eigenvalue weighted by atomic mass is 16.5. The summed E-state index contributed by atoms with van der Waals surface area (Å²) < 4.78 is 10.4. The van der Waals surface area contributed by atoms with Gasteiger partial charge in [0.2, 0.25) is 0 Å². The fraction of sp³-hybridized carbons (Fsp3) is 1.00. The Morgan fingerprint density at radius 1 is 0.714 bits per heavy atom. The molecule has 2 saturated heterocycles. The Morgan fingerprint density at radius 3 is 1.52 bits per heavy atom. The molecule has 2 rings (SSSR count). The van der Waals surface area contributed by atoms with E-state index in [1.807, 2.05) is 13.8 Å². The number of ether oxygens (including phenoxy) is 2. The maximum absolute atomic E-state index is 5.39. The predicted octanol–water partition coefficient (Wildman–Crippen LogP) is -0.0291. The molecule has 0 aromatic rings. The third kappa shape index (κ3) is 12.0. The number of hydrogen-bond donors (Lipinski definition) is 2. The Balaban J connectivity index is 0.000000342. The molecule has 0 bridgehead atoms. The molecular weight excluding hydrogens is 268 g/mol. The van der Waals surface area contributed by atoms with Gasteiger partial charge in [-0.2, -0.15) is 0 Å². The Hall–Kier alpha value is -0.240. The zero-order valence-corrected chi connectivity index (χ0v) is 14.1. The lowest BCUT2D eigenvalue weighted by molar-refractivity contribution is 0.0377. The molecule has 0 amide bonds. The Kier molecular flexibility index (Phi) is 16.0. The van der Waals surface area contributed by atoms with E-state index in [-0.39, 0.29) is 0 Å². The van der Waals surface area contributed by atoms with Crippen LogP contribution in [-0.4, -0.2) is 88.6 Å². The zero-order valence-electron chi connectivity index (χ0n) is 14.1. The van der Waals surface area contributed by atoms with Crippen LogP contribution in [0.15, 0.2) is 0 Å². The van der Waals surface area contributed by atoms with E-state index in [9.17, 15) is 0 Å². The number of morpholine rings is 2. The van der Waals surface area contributed by atoms with Crippen molar-refractivity contribution >= 4 is 0 Å². The van der Waals surface area contributed by atoms with Gasteiger partial charge in [0.25, 0.3) is 0 Å². The maximum Gasteiger partial charge on any atom is 0.0594 e. The second kappa shape index (κ2) is 16.1. The highest BCUT2D eigenvalue weighted by Gasteiger charge is 2.08. The first-order chi connectivity index (χ1) is 10.4. The summed E-state index contributed by atoms with van der Waals surface area (Å²) in [6, 6.07) is 0. The molecule has 6 nitrogen and oxygen atoms in total. The molecule has 0 aromatic heterocycles. The standard InChI is InChI=1S/C7H16N2O.C6H14N2O.C2H6/c8-2-1-3-9-4-6-10-7-5-9;7-1-2-8-3-5-9-6-4-8;1-2/h1-8H2;1-7H2;1-2H3. The lowest BCUT2D eigenvalue weighted by Gasteiger charge is -2.26. The second-order valence-electron chi connectivity index (χ2n) is 4.84. The minimum atomic E-state index is 0.764. The third-order valence-electron chi connectivity index (χ3n) is 3.33. The van der Waals surface area contributed by atoms with Gasteiger partial charge in [0.05, 0.1) is 26.4 Å². The van der Waals surface area contributed by atoms with Crippen LogP contribution in [0.25, 0.3) is 0 Å². The first-order valence-corrected chi connectivity index (χ1v) is 8.37. The van der Waals surface area contributed by atoms with Gasteiger partial charge in [-0.25, -0.2) is 0 Å². The molecule has 0 unspecified atom stereocenters. The van der Waals surface area contributed by atoms with Crippen LogP contribution in [0.1, 0.15) is 20.3 Å². The van der Waals surface area contributed by atoms with Gasteiger partial charge in [0.1, 0.15) is 0 Å². The van der Waals surface area contributed by atoms with E-state index < -0.39 is 0 Å². The highest BCUT2D eigenvalue weighted by Crippen LogP contribution is 1.96. The second-order valence-corrected chi connectivity index (χ2v) is 4.84. The van der Waals surface area contributed by atoms with Crippen LogP contribution in [0.4, 0.5) is 0 Å². The number of rotatable bonds is 5. The van der Waals surface area contributed by atoms with Gasteiger partial charge in [-0.1, -0.05) is 13.8 Å². The normalized spacial score (nSPS) is 20.0. The smallest absolute Gasteiger partial charge is 0.0594 e. The first-order valence-electron chi connectivity index (χ1n) is 8.37. The lowest BCUT2D eigenvalue weighted by atomic mass is 10.3. The van der Waals surface area contributed by atoms with Crippen molar-refractivity contribution in [3.8, 4) is 0 Å². The van der Waals surface area contributed by atoms with E-state index in [4.69, 9.17) is 20.9 Å². The minimum absolute atomic E-state index is 0.764. The fourth-order valence-corrected chi connectivity index (χ4v) is 2.15. The molecule has 2 fully saturated rings. The predicted molar refractivity (Wildman–Crippen MR) is 88.6 cm³/mol. The van der Waals surface area contributed by atoms with E-state index in [0.29, 0.717) is 0 Å². The van der Waals surface area contributed by atoms with E-state index in [1.54, 1.807) is 0 Å². The molecule has 2 aliphatic rings. The van der Waals surface area contributed by atoms with Gasteiger partial charge in [-0.15, -0.1) is 0 Å². The SMILES string of the molecule is CC.NCCCN1CCOCC1.NCCN1CCOCC1. The summed E-state index contributed by atoms with van der Waals surface area (Å²) in [5.74, 6) is 0. The van der Waals surface area contributed by atoms with Crippen molar-refractivity contribution < 1.29 is 9.47 Å². The summed E-state index contributed by atoms with van der Waals surface area (Å²) in [6.07, 6.45) is 1.11. The van der Waals surface area contributed by atoms with Crippen molar-refractivity contribution in [2.75, 3.05) is 78.8 Å². The molecule has 128 valence electrons. The van der Waals surface area contributed by atoms with E-state index in [0.717, 1.165) is 85.2 Å². The largest absolute Gasteiger partial charge is 0.379 e.